The predicted octanol–water partition coefficient (Wildman–Crippen LogP) is 2.94. The summed E-state index contributed by atoms with van der Waals surface area (Å²) in [6.07, 6.45) is 0.167. The Balaban J connectivity index is 1.60. The molecule has 1 aromatic carbocycles. The zero-order chi connectivity index (χ0) is 20.6. The second kappa shape index (κ2) is 7.36. The van der Waals surface area contributed by atoms with Gasteiger partial charge in [0.1, 0.15) is 18.0 Å². The van der Waals surface area contributed by atoms with Crippen molar-refractivity contribution in [1.82, 2.24) is 24.8 Å². The summed E-state index contributed by atoms with van der Waals surface area (Å²) in [5, 5.41) is 0. The summed E-state index contributed by atoms with van der Waals surface area (Å²) in [6, 6.07) is 2.50. The topological polar surface area (TPSA) is 74.8 Å². The van der Waals surface area contributed by atoms with Crippen molar-refractivity contribution < 1.29 is 17.6 Å². The molecule has 0 saturated heterocycles. The molecule has 4 rings (SSSR count). The van der Waals surface area contributed by atoms with E-state index in [-0.39, 0.29) is 24.2 Å². The molecule has 1 aliphatic rings. The van der Waals surface area contributed by atoms with E-state index >= 15 is 0 Å². The fourth-order valence-electron chi connectivity index (χ4n) is 3.35. The number of aromatic amines is 1. The first kappa shape index (κ1) is 19.2. The Morgan fingerprint density at radius 2 is 1.90 bits per heavy atom. The van der Waals surface area contributed by atoms with E-state index in [1.54, 1.807) is 0 Å². The van der Waals surface area contributed by atoms with Gasteiger partial charge in [0.25, 0.3) is 5.56 Å². The molecular weight excluding hydrogens is 390 g/mol. The molecule has 10 heteroatoms. The van der Waals surface area contributed by atoms with Crippen LogP contribution in [0, 0.1) is 5.82 Å². The summed E-state index contributed by atoms with van der Waals surface area (Å²) in [4.78, 5) is 29.2. The van der Waals surface area contributed by atoms with Crippen LogP contribution in [0.25, 0.3) is 11.4 Å². The van der Waals surface area contributed by atoms with Gasteiger partial charge in [0.15, 0.2) is 0 Å². The van der Waals surface area contributed by atoms with Gasteiger partial charge < -0.3 is 4.98 Å². The Morgan fingerprint density at radius 1 is 1.14 bits per heavy atom. The molecule has 3 heterocycles. The van der Waals surface area contributed by atoms with Crippen molar-refractivity contribution in [2.24, 2.45) is 0 Å². The molecule has 0 amide bonds. The van der Waals surface area contributed by atoms with Crippen LogP contribution in [0.2, 0.25) is 0 Å². The molecule has 0 saturated carbocycles. The molecule has 0 atom stereocenters. The second-order valence-electron chi connectivity index (χ2n) is 6.77. The van der Waals surface area contributed by atoms with Gasteiger partial charge in [-0.2, -0.15) is 13.2 Å². The first-order valence-electron chi connectivity index (χ1n) is 8.76. The number of hydrogen-bond donors (Lipinski definition) is 1. The average Bonchev–Trinajstić information content (AvgIpc) is 2.67. The lowest BCUT2D eigenvalue weighted by Crippen LogP contribution is -2.35. The monoisotopic (exact) mass is 405 g/mol. The van der Waals surface area contributed by atoms with Crippen LogP contribution in [-0.2, 0) is 25.7 Å². The Kier molecular flexibility index (Phi) is 4.87. The van der Waals surface area contributed by atoms with Crippen LogP contribution >= 0.6 is 0 Å². The molecule has 150 valence electrons. The second-order valence-corrected chi connectivity index (χ2v) is 6.77. The van der Waals surface area contributed by atoms with E-state index in [0.29, 0.717) is 41.7 Å². The number of H-pyrrole nitrogens is 1. The number of hydrogen-bond acceptors (Lipinski definition) is 5. The molecule has 0 fully saturated rings. The summed E-state index contributed by atoms with van der Waals surface area (Å²) in [5.74, 6) is -0.616. The molecule has 3 aromatic rings. The summed E-state index contributed by atoms with van der Waals surface area (Å²) < 4.78 is 52.5. The minimum Gasteiger partial charge on any atom is -0.306 e. The van der Waals surface area contributed by atoms with Gasteiger partial charge in [-0.3, -0.25) is 9.69 Å². The number of nitrogens with one attached hydrogen (secondary N) is 1. The first-order valence-corrected chi connectivity index (χ1v) is 8.76. The van der Waals surface area contributed by atoms with Gasteiger partial charge in [-0.25, -0.2) is 19.3 Å². The van der Waals surface area contributed by atoms with Crippen molar-refractivity contribution in [2.45, 2.75) is 25.7 Å². The third-order valence-corrected chi connectivity index (χ3v) is 4.68. The number of alkyl halides is 3. The fraction of sp³-hybridized carbons (Fsp3) is 0.263. The quantitative estimate of drug-likeness (QED) is 0.679. The van der Waals surface area contributed by atoms with Crippen LogP contribution in [-0.4, -0.2) is 31.4 Å². The number of halogens is 4. The molecule has 6 nitrogen and oxygen atoms in total. The van der Waals surface area contributed by atoms with Gasteiger partial charge in [0.05, 0.1) is 16.8 Å². The molecule has 2 aromatic heterocycles. The summed E-state index contributed by atoms with van der Waals surface area (Å²) >= 11 is 0. The minimum atomic E-state index is -4.62. The lowest BCUT2D eigenvalue weighted by atomic mass is 10.0. The standard InChI is InChI=1S/C19H15F4N5O/c20-14-4-11(3-13(5-14)19(21,22)23)8-28-2-1-15-16(9-28)26-17(27-18(15)29)12-6-24-10-25-7-12/h3-7,10H,1-2,8-9H2,(H,26,27,29). The van der Waals surface area contributed by atoms with Crippen molar-refractivity contribution in [1.29, 1.82) is 0 Å². The summed E-state index contributed by atoms with van der Waals surface area (Å²) in [5.41, 5.74) is 0.541. The number of aromatic nitrogens is 4. The zero-order valence-corrected chi connectivity index (χ0v) is 15.0. The number of nitrogens with zero attached hydrogens (tertiary/aromatic N) is 4. The lowest BCUT2D eigenvalue weighted by molar-refractivity contribution is -0.137. The van der Waals surface area contributed by atoms with Gasteiger partial charge in [0.2, 0.25) is 0 Å². The number of rotatable bonds is 3. The van der Waals surface area contributed by atoms with Crippen molar-refractivity contribution in [3.8, 4) is 11.4 Å². The van der Waals surface area contributed by atoms with E-state index in [0.717, 1.165) is 12.1 Å². The van der Waals surface area contributed by atoms with E-state index in [4.69, 9.17) is 0 Å². The van der Waals surface area contributed by atoms with E-state index in [9.17, 15) is 22.4 Å². The number of benzene rings is 1. The van der Waals surface area contributed by atoms with Gasteiger partial charge >= 0.3 is 6.18 Å². The third-order valence-electron chi connectivity index (χ3n) is 4.68. The summed E-state index contributed by atoms with van der Waals surface area (Å²) in [6.45, 7) is 0.819. The van der Waals surface area contributed by atoms with Crippen LogP contribution in [0.1, 0.15) is 22.4 Å². The van der Waals surface area contributed by atoms with Crippen molar-refractivity contribution in [3.63, 3.8) is 0 Å². The molecule has 0 unspecified atom stereocenters. The number of fused-ring (bicyclic) bond motifs is 1. The largest absolute Gasteiger partial charge is 0.416 e. The van der Waals surface area contributed by atoms with E-state index < -0.39 is 17.6 Å². The highest BCUT2D eigenvalue weighted by Gasteiger charge is 2.31. The fourth-order valence-corrected chi connectivity index (χ4v) is 3.35. The normalized spacial score (nSPS) is 14.6. The van der Waals surface area contributed by atoms with Crippen LogP contribution in [0.5, 0.6) is 0 Å². The van der Waals surface area contributed by atoms with Crippen molar-refractivity contribution in [3.05, 3.63) is 75.5 Å². The smallest absolute Gasteiger partial charge is 0.306 e. The molecule has 0 bridgehead atoms. The lowest BCUT2D eigenvalue weighted by Gasteiger charge is -2.28. The van der Waals surface area contributed by atoms with E-state index in [1.165, 1.54) is 18.7 Å². The van der Waals surface area contributed by atoms with Crippen LogP contribution < -0.4 is 5.56 Å². The Labute approximate surface area is 162 Å². The van der Waals surface area contributed by atoms with E-state index in [1.807, 2.05) is 4.90 Å². The highest BCUT2D eigenvalue weighted by molar-refractivity contribution is 5.52. The van der Waals surface area contributed by atoms with Crippen LogP contribution in [0.15, 0.2) is 41.7 Å². The highest BCUT2D eigenvalue weighted by atomic mass is 19.4. The zero-order valence-electron chi connectivity index (χ0n) is 15.0. The van der Waals surface area contributed by atoms with E-state index in [2.05, 4.69) is 19.9 Å². The van der Waals surface area contributed by atoms with Crippen LogP contribution in [0.3, 0.4) is 0 Å². The molecular formula is C19H15F4N5O. The molecule has 0 aliphatic carbocycles. The molecule has 0 radical (unpaired) electrons. The van der Waals surface area contributed by atoms with Gasteiger partial charge in [-0.05, 0) is 30.2 Å². The van der Waals surface area contributed by atoms with Gasteiger partial charge in [0, 0.05) is 37.6 Å². The van der Waals surface area contributed by atoms with Crippen molar-refractivity contribution >= 4 is 0 Å². The summed E-state index contributed by atoms with van der Waals surface area (Å²) in [7, 11) is 0. The Morgan fingerprint density at radius 3 is 2.62 bits per heavy atom. The maximum absolute atomic E-state index is 13.7. The average molecular weight is 405 g/mol. The van der Waals surface area contributed by atoms with Crippen LogP contribution in [0.4, 0.5) is 17.6 Å². The highest BCUT2D eigenvalue weighted by Crippen LogP contribution is 2.31. The molecule has 1 aliphatic heterocycles. The third kappa shape index (κ3) is 4.16. The Bertz CT molecular complexity index is 1100. The predicted molar refractivity (Wildman–Crippen MR) is 95.1 cm³/mol. The maximum atomic E-state index is 13.7. The molecule has 29 heavy (non-hydrogen) atoms. The Hall–Kier alpha value is -3.14. The molecule has 0 spiro atoms. The first-order chi connectivity index (χ1) is 13.8. The SMILES string of the molecule is O=c1[nH]c(-c2cncnc2)nc2c1CCN(Cc1cc(F)cc(C(F)(F)F)c1)C2. The maximum Gasteiger partial charge on any atom is 0.416 e. The van der Waals surface area contributed by atoms with Crippen molar-refractivity contribution in [2.75, 3.05) is 6.54 Å². The van der Waals surface area contributed by atoms with Gasteiger partial charge in [-0.15, -0.1) is 0 Å². The minimum absolute atomic E-state index is 0.110. The molecule has 1 N–H and O–H groups in total. The van der Waals surface area contributed by atoms with Gasteiger partial charge in [-0.1, -0.05) is 0 Å².